The number of fused-ring (bicyclic) bond motifs is 1. The van der Waals surface area contributed by atoms with E-state index >= 15 is 0 Å². The Kier molecular flexibility index (Phi) is 7.04. The van der Waals surface area contributed by atoms with Gasteiger partial charge in [0.1, 0.15) is 0 Å². The van der Waals surface area contributed by atoms with Crippen LogP contribution in [-0.4, -0.2) is 80.9 Å². The lowest BCUT2D eigenvalue weighted by molar-refractivity contribution is 0.0961. The molecule has 10 nitrogen and oxygen atoms in total. The van der Waals surface area contributed by atoms with Crippen LogP contribution >= 0.6 is 0 Å². The fourth-order valence-corrected chi connectivity index (χ4v) is 4.46. The number of rotatable bonds is 6. The van der Waals surface area contributed by atoms with Crippen molar-refractivity contribution in [2.75, 3.05) is 59.0 Å². The molecule has 182 valence electrons. The van der Waals surface area contributed by atoms with Crippen LogP contribution in [-0.2, 0) is 11.2 Å². The molecule has 2 aliphatic rings. The van der Waals surface area contributed by atoms with Gasteiger partial charge in [-0.15, -0.1) is 0 Å². The molecule has 1 aromatic heterocycles. The maximum atomic E-state index is 12.9. The lowest BCUT2D eigenvalue weighted by Crippen LogP contribution is -2.49. The summed E-state index contributed by atoms with van der Waals surface area (Å²) in [6.07, 6.45) is 2.28. The molecule has 10 heteroatoms. The van der Waals surface area contributed by atoms with Crippen molar-refractivity contribution in [2.45, 2.75) is 25.7 Å². The van der Waals surface area contributed by atoms with Gasteiger partial charge in [-0.05, 0) is 37.0 Å². The van der Waals surface area contributed by atoms with E-state index in [1.807, 2.05) is 17.0 Å². The van der Waals surface area contributed by atoms with E-state index in [2.05, 4.69) is 4.98 Å². The second kappa shape index (κ2) is 10.1. The minimum Gasteiger partial charge on any atom is -0.493 e. The number of methoxy groups -OCH3 is 3. The number of benzene rings is 1. The number of ketones is 1. The van der Waals surface area contributed by atoms with Crippen LogP contribution in [0.15, 0.2) is 18.3 Å². The lowest BCUT2D eigenvalue weighted by Gasteiger charge is -2.34. The number of carbonyl (C=O) groups excluding carboxylic acids is 2. The summed E-state index contributed by atoms with van der Waals surface area (Å²) in [6, 6.07) is 3.78. The largest absolute Gasteiger partial charge is 0.493 e. The van der Waals surface area contributed by atoms with Gasteiger partial charge in [0.25, 0.3) is 0 Å². The van der Waals surface area contributed by atoms with Gasteiger partial charge in [-0.25, -0.2) is 14.8 Å². The quantitative estimate of drug-likeness (QED) is 0.630. The Balaban J connectivity index is 1.55. The highest BCUT2D eigenvalue weighted by Crippen LogP contribution is 2.42. The van der Waals surface area contributed by atoms with Crippen LogP contribution in [0.25, 0.3) is 0 Å². The average molecular weight is 471 g/mol. The Morgan fingerprint density at radius 3 is 2.29 bits per heavy atom. The highest BCUT2D eigenvalue weighted by Gasteiger charge is 2.31. The molecule has 0 bridgehead atoms. The zero-order valence-corrected chi connectivity index (χ0v) is 20.0. The van der Waals surface area contributed by atoms with Crippen molar-refractivity contribution in [2.24, 2.45) is 0 Å². The molecule has 1 amide bonds. The highest BCUT2D eigenvalue weighted by atomic mass is 16.6. The van der Waals surface area contributed by atoms with Gasteiger partial charge in [0.2, 0.25) is 11.7 Å². The van der Waals surface area contributed by atoms with E-state index in [4.69, 9.17) is 23.9 Å². The van der Waals surface area contributed by atoms with Crippen molar-refractivity contribution in [1.29, 1.82) is 0 Å². The molecular weight excluding hydrogens is 440 g/mol. The molecule has 0 N–H and O–H groups in total. The van der Waals surface area contributed by atoms with Gasteiger partial charge in [0.05, 0.1) is 39.2 Å². The van der Waals surface area contributed by atoms with Gasteiger partial charge < -0.3 is 28.7 Å². The average Bonchev–Trinajstić information content (AvgIpc) is 2.87. The van der Waals surface area contributed by atoms with E-state index in [0.717, 1.165) is 11.3 Å². The summed E-state index contributed by atoms with van der Waals surface area (Å²) in [5.41, 5.74) is 2.22. The fraction of sp³-hybridized carbons (Fsp3) is 0.500. The monoisotopic (exact) mass is 470 g/mol. The van der Waals surface area contributed by atoms with Gasteiger partial charge in [-0.3, -0.25) is 4.79 Å². The van der Waals surface area contributed by atoms with E-state index in [0.29, 0.717) is 74.4 Å². The Bertz CT molecular complexity index is 1040. The number of nitrogens with zero attached hydrogens (tertiary/aromatic N) is 4. The molecule has 1 saturated heterocycles. The van der Waals surface area contributed by atoms with Gasteiger partial charge in [-0.2, -0.15) is 0 Å². The van der Waals surface area contributed by atoms with E-state index in [1.165, 1.54) is 0 Å². The summed E-state index contributed by atoms with van der Waals surface area (Å²) in [5.74, 6) is 2.13. The number of anilines is 1. The van der Waals surface area contributed by atoms with Gasteiger partial charge in [0.15, 0.2) is 17.3 Å². The third-order valence-electron chi connectivity index (χ3n) is 6.27. The second-order valence-corrected chi connectivity index (χ2v) is 8.19. The first-order valence-electron chi connectivity index (χ1n) is 11.3. The van der Waals surface area contributed by atoms with Gasteiger partial charge in [-0.1, -0.05) is 0 Å². The zero-order chi connectivity index (χ0) is 24.2. The van der Waals surface area contributed by atoms with Crippen LogP contribution in [0.1, 0.15) is 40.9 Å². The van der Waals surface area contributed by atoms with Crippen molar-refractivity contribution >= 4 is 17.8 Å². The lowest BCUT2D eigenvalue weighted by atomic mass is 9.82. The zero-order valence-electron chi connectivity index (χ0n) is 20.0. The van der Waals surface area contributed by atoms with E-state index in [1.54, 1.807) is 39.3 Å². The van der Waals surface area contributed by atoms with Crippen molar-refractivity contribution in [3.63, 3.8) is 0 Å². The summed E-state index contributed by atoms with van der Waals surface area (Å²) >= 11 is 0. The predicted octanol–water partition coefficient (Wildman–Crippen LogP) is 2.69. The maximum absolute atomic E-state index is 12.9. The molecule has 0 saturated carbocycles. The molecular formula is C24H30N4O6. The summed E-state index contributed by atoms with van der Waals surface area (Å²) in [7, 11) is 4.71. The summed E-state index contributed by atoms with van der Waals surface area (Å²) in [5, 5.41) is 0. The molecule has 0 spiro atoms. The first-order chi connectivity index (χ1) is 16.5. The molecule has 0 radical (unpaired) electrons. The molecule has 2 heterocycles. The Morgan fingerprint density at radius 1 is 1.03 bits per heavy atom. The molecule has 1 aromatic carbocycles. The highest BCUT2D eigenvalue weighted by molar-refractivity contribution is 5.98. The maximum Gasteiger partial charge on any atom is 0.409 e. The van der Waals surface area contributed by atoms with Crippen molar-refractivity contribution in [3.8, 4) is 17.2 Å². The van der Waals surface area contributed by atoms with Crippen molar-refractivity contribution in [1.82, 2.24) is 14.9 Å². The number of amides is 1. The molecule has 1 fully saturated rings. The van der Waals surface area contributed by atoms with Crippen LogP contribution in [0, 0.1) is 0 Å². The summed E-state index contributed by atoms with van der Waals surface area (Å²) < 4.78 is 21.5. The van der Waals surface area contributed by atoms with Crippen molar-refractivity contribution < 1.29 is 28.5 Å². The van der Waals surface area contributed by atoms with Gasteiger partial charge >= 0.3 is 6.09 Å². The van der Waals surface area contributed by atoms with Crippen molar-refractivity contribution in [3.05, 3.63) is 35.2 Å². The Labute approximate surface area is 198 Å². The fourth-order valence-electron chi connectivity index (χ4n) is 4.46. The molecule has 4 rings (SSSR count). The van der Waals surface area contributed by atoms with E-state index < -0.39 is 0 Å². The molecule has 0 unspecified atom stereocenters. The topological polar surface area (TPSA) is 103 Å². The van der Waals surface area contributed by atoms with Crippen LogP contribution in [0.2, 0.25) is 0 Å². The van der Waals surface area contributed by atoms with Crippen LogP contribution in [0.5, 0.6) is 17.2 Å². The number of hydrogen-bond donors (Lipinski definition) is 0. The summed E-state index contributed by atoms with van der Waals surface area (Å²) in [6.45, 7) is 4.41. The van der Waals surface area contributed by atoms with Crippen LogP contribution < -0.4 is 19.1 Å². The molecule has 1 atom stereocenters. The molecule has 1 aliphatic carbocycles. The second-order valence-electron chi connectivity index (χ2n) is 8.19. The minimum atomic E-state index is -0.299. The summed E-state index contributed by atoms with van der Waals surface area (Å²) in [4.78, 5) is 37.8. The standard InChI is InChI=1S/C24H30N4O6/c1-5-34-24(30)28-8-6-27(7-9-28)23-25-14-17-18(26-23)10-15(11-19(17)29)16-12-20(31-2)22(33-4)21(13-16)32-3/h12-15H,5-11H2,1-4H3/t15-/m1/s1. The van der Waals surface area contributed by atoms with E-state index in [9.17, 15) is 9.59 Å². The first kappa shape index (κ1) is 23.6. The number of carbonyl (C=O) groups is 2. The first-order valence-corrected chi connectivity index (χ1v) is 11.3. The Morgan fingerprint density at radius 2 is 1.71 bits per heavy atom. The molecule has 1 aliphatic heterocycles. The number of hydrogen-bond acceptors (Lipinski definition) is 9. The SMILES string of the molecule is CCOC(=O)N1CCN(c2ncc3c(n2)C[C@@H](c2cc(OC)c(OC)c(OC)c2)CC3=O)CC1. The Hall–Kier alpha value is -3.56. The van der Waals surface area contributed by atoms with Crippen LogP contribution in [0.3, 0.4) is 0 Å². The third kappa shape index (κ3) is 4.57. The molecule has 2 aromatic rings. The number of aromatic nitrogens is 2. The number of Topliss-reactive ketones (excluding diaryl/α,β-unsaturated/α-hetero) is 1. The number of ether oxygens (including phenoxy) is 4. The predicted molar refractivity (Wildman–Crippen MR) is 124 cm³/mol. The number of piperazine rings is 1. The third-order valence-corrected chi connectivity index (χ3v) is 6.27. The smallest absolute Gasteiger partial charge is 0.409 e. The van der Waals surface area contributed by atoms with Gasteiger partial charge in [0, 0.05) is 38.8 Å². The van der Waals surface area contributed by atoms with Crippen LogP contribution in [0.4, 0.5) is 10.7 Å². The normalized spacial score (nSPS) is 17.8. The minimum absolute atomic E-state index is 0.0127. The molecule has 34 heavy (non-hydrogen) atoms. The van der Waals surface area contributed by atoms with E-state index in [-0.39, 0.29) is 17.8 Å².